The van der Waals surface area contributed by atoms with Crippen LogP contribution < -0.4 is 23.7 Å². The SMILES string of the molecule is COC(=O)[C@H]1[C@H](c2cc(OC)c(OC)c(OC)c2)c2cc3c(cc2[C@@H]2c4c(c5ccccc5n4C)C[C@@H]21)OCO3. The van der Waals surface area contributed by atoms with E-state index in [0.29, 0.717) is 23.0 Å². The summed E-state index contributed by atoms with van der Waals surface area (Å²) in [5.74, 6) is 1.89. The van der Waals surface area contributed by atoms with Gasteiger partial charge in [-0.2, -0.15) is 0 Å². The fraction of sp³-hybridized carbons (Fsp3) is 0.344. The van der Waals surface area contributed by atoms with E-state index in [9.17, 15) is 4.79 Å². The van der Waals surface area contributed by atoms with Gasteiger partial charge in [0.25, 0.3) is 0 Å². The molecule has 4 aromatic rings. The summed E-state index contributed by atoms with van der Waals surface area (Å²) in [6, 6.07) is 16.5. The molecule has 0 N–H and O–H groups in total. The second kappa shape index (κ2) is 9.11. The number of aryl methyl sites for hydroxylation is 1. The van der Waals surface area contributed by atoms with Crippen molar-refractivity contribution in [2.24, 2.45) is 18.9 Å². The molecule has 4 atom stereocenters. The summed E-state index contributed by atoms with van der Waals surface area (Å²) in [4.78, 5) is 13.8. The summed E-state index contributed by atoms with van der Waals surface area (Å²) < 4.78 is 36.5. The maximum atomic E-state index is 13.8. The molecule has 3 aromatic carbocycles. The summed E-state index contributed by atoms with van der Waals surface area (Å²) in [5, 5.41) is 1.23. The Kier molecular flexibility index (Phi) is 5.63. The fourth-order valence-corrected chi connectivity index (χ4v) is 7.44. The van der Waals surface area contributed by atoms with E-state index in [1.165, 1.54) is 29.3 Å². The molecule has 0 radical (unpaired) electrons. The molecule has 0 amide bonds. The zero-order chi connectivity index (χ0) is 27.7. The van der Waals surface area contributed by atoms with Gasteiger partial charge in [-0.25, -0.2) is 0 Å². The second-order valence-electron chi connectivity index (χ2n) is 10.6. The van der Waals surface area contributed by atoms with Crippen LogP contribution in [0, 0.1) is 11.8 Å². The largest absolute Gasteiger partial charge is 0.493 e. The highest BCUT2D eigenvalue weighted by Gasteiger charge is 2.53. The zero-order valence-electron chi connectivity index (χ0n) is 23.1. The van der Waals surface area contributed by atoms with Gasteiger partial charge in [-0.1, -0.05) is 18.2 Å². The van der Waals surface area contributed by atoms with E-state index in [-0.39, 0.29) is 30.5 Å². The Morgan fingerprint density at radius 1 is 0.875 bits per heavy atom. The zero-order valence-corrected chi connectivity index (χ0v) is 23.1. The van der Waals surface area contributed by atoms with E-state index < -0.39 is 5.92 Å². The Balaban J connectivity index is 1.52. The Morgan fingerprint density at radius 3 is 2.15 bits per heavy atom. The molecule has 0 unspecified atom stereocenters. The molecule has 0 saturated heterocycles. The van der Waals surface area contributed by atoms with Gasteiger partial charge in [-0.05, 0) is 64.9 Å². The number of carbonyl (C=O) groups excluding carboxylic acids is 1. The van der Waals surface area contributed by atoms with Gasteiger partial charge in [0, 0.05) is 35.5 Å². The molecular formula is C32H31NO7. The van der Waals surface area contributed by atoms with E-state index in [4.69, 9.17) is 28.4 Å². The van der Waals surface area contributed by atoms with E-state index in [1.807, 2.05) is 18.2 Å². The summed E-state index contributed by atoms with van der Waals surface area (Å²) >= 11 is 0. The van der Waals surface area contributed by atoms with Crippen molar-refractivity contribution in [2.45, 2.75) is 18.3 Å². The number of ether oxygens (including phenoxy) is 6. The first-order valence-corrected chi connectivity index (χ1v) is 13.4. The van der Waals surface area contributed by atoms with Crippen LogP contribution in [0.3, 0.4) is 0 Å². The van der Waals surface area contributed by atoms with Crippen LogP contribution in [-0.2, 0) is 23.0 Å². The molecule has 1 aliphatic heterocycles. The molecule has 2 heterocycles. The van der Waals surface area contributed by atoms with E-state index in [0.717, 1.165) is 28.9 Å². The third-order valence-corrected chi connectivity index (χ3v) is 9.01. The van der Waals surface area contributed by atoms with Gasteiger partial charge in [0.15, 0.2) is 23.0 Å². The van der Waals surface area contributed by atoms with E-state index >= 15 is 0 Å². The van der Waals surface area contributed by atoms with Gasteiger partial charge < -0.3 is 33.0 Å². The van der Waals surface area contributed by atoms with Crippen molar-refractivity contribution in [1.82, 2.24) is 4.57 Å². The van der Waals surface area contributed by atoms with Crippen LogP contribution in [0.15, 0.2) is 48.5 Å². The number of esters is 1. The van der Waals surface area contributed by atoms with Gasteiger partial charge >= 0.3 is 5.97 Å². The number of para-hydroxylation sites is 1. The topological polar surface area (TPSA) is 77.4 Å². The highest BCUT2D eigenvalue weighted by Crippen LogP contribution is 2.60. The smallest absolute Gasteiger partial charge is 0.309 e. The molecule has 0 saturated carbocycles. The lowest BCUT2D eigenvalue weighted by atomic mass is 9.62. The average Bonchev–Trinajstić information content (AvgIpc) is 3.68. The van der Waals surface area contributed by atoms with Crippen molar-refractivity contribution in [3.8, 4) is 28.7 Å². The van der Waals surface area contributed by atoms with Crippen LogP contribution in [-0.4, -0.2) is 45.8 Å². The normalized spacial score (nSPS) is 21.9. The Labute approximate surface area is 232 Å². The minimum Gasteiger partial charge on any atom is -0.493 e. The summed E-state index contributed by atoms with van der Waals surface area (Å²) in [6.07, 6.45) is 0.760. The highest BCUT2D eigenvalue weighted by atomic mass is 16.7. The number of fused-ring (bicyclic) bond motifs is 8. The molecule has 40 heavy (non-hydrogen) atoms. The number of rotatable bonds is 5. The first-order valence-electron chi connectivity index (χ1n) is 13.4. The lowest BCUT2D eigenvalue weighted by Crippen LogP contribution is -2.39. The number of nitrogens with zero attached hydrogens (tertiary/aromatic N) is 1. The molecule has 0 fully saturated rings. The number of benzene rings is 3. The number of hydrogen-bond acceptors (Lipinski definition) is 7. The lowest BCUT2D eigenvalue weighted by Gasteiger charge is -2.41. The van der Waals surface area contributed by atoms with Crippen LogP contribution in [0.2, 0.25) is 0 Å². The first kappa shape index (κ1) is 24.7. The number of carbonyl (C=O) groups is 1. The average molecular weight is 542 g/mol. The van der Waals surface area contributed by atoms with Crippen molar-refractivity contribution in [1.29, 1.82) is 0 Å². The fourth-order valence-electron chi connectivity index (χ4n) is 7.44. The molecule has 8 nitrogen and oxygen atoms in total. The van der Waals surface area contributed by atoms with Gasteiger partial charge in [-0.3, -0.25) is 4.79 Å². The number of methoxy groups -OCH3 is 4. The third kappa shape index (κ3) is 3.28. The molecule has 2 aliphatic carbocycles. The summed E-state index contributed by atoms with van der Waals surface area (Å²) in [6.45, 7) is 0.168. The van der Waals surface area contributed by atoms with Gasteiger partial charge in [-0.15, -0.1) is 0 Å². The minimum atomic E-state index is -0.461. The maximum Gasteiger partial charge on any atom is 0.309 e. The predicted molar refractivity (Wildman–Crippen MR) is 148 cm³/mol. The van der Waals surface area contributed by atoms with Crippen LogP contribution in [0.4, 0.5) is 0 Å². The van der Waals surface area contributed by atoms with Gasteiger partial charge in [0.2, 0.25) is 12.5 Å². The maximum absolute atomic E-state index is 13.8. The van der Waals surface area contributed by atoms with Crippen LogP contribution >= 0.6 is 0 Å². The highest BCUT2D eigenvalue weighted by molar-refractivity contribution is 5.88. The Hall–Kier alpha value is -4.33. The number of hydrogen-bond donors (Lipinski definition) is 0. The minimum absolute atomic E-state index is 0.0145. The number of aromatic nitrogens is 1. The molecule has 7 rings (SSSR count). The molecule has 8 heteroatoms. The molecule has 3 aliphatic rings. The first-order chi connectivity index (χ1) is 19.5. The third-order valence-electron chi connectivity index (χ3n) is 9.01. The molecular weight excluding hydrogens is 510 g/mol. The molecule has 1 aromatic heterocycles. The van der Waals surface area contributed by atoms with Crippen molar-refractivity contribution >= 4 is 16.9 Å². The Morgan fingerprint density at radius 2 is 1.52 bits per heavy atom. The van der Waals surface area contributed by atoms with Crippen molar-refractivity contribution in [3.05, 3.63) is 76.5 Å². The standard InChI is InChI=1S/C32H31NO7/c1-33-22-9-7-6-8-17(22)20-12-21-28(30(20)33)19-14-24-23(39-15-40-24)13-18(19)27(29(21)32(34)38-5)16-10-25(35-2)31(37-4)26(11-16)36-3/h6-11,13-14,21,27-29H,12,15H2,1-5H3/t21-,27+,28-,29+/m0/s1. The van der Waals surface area contributed by atoms with Crippen molar-refractivity contribution in [2.75, 3.05) is 35.2 Å². The molecule has 206 valence electrons. The summed E-state index contributed by atoms with van der Waals surface area (Å²) in [5.41, 5.74) is 6.74. The van der Waals surface area contributed by atoms with Crippen molar-refractivity contribution in [3.63, 3.8) is 0 Å². The molecule has 0 spiro atoms. The second-order valence-corrected chi connectivity index (χ2v) is 10.6. The van der Waals surface area contributed by atoms with E-state index in [1.54, 1.807) is 21.3 Å². The quantitative estimate of drug-likeness (QED) is 0.323. The van der Waals surface area contributed by atoms with Crippen molar-refractivity contribution < 1.29 is 33.2 Å². The van der Waals surface area contributed by atoms with Gasteiger partial charge in [0.1, 0.15) is 0 Å². The van der Waals surface area contributed by atoms with Crippen LogP contribution in [0.5, 0.6) is 28.7 Å². The van der Waals surface area contributed by atoms with Crippen LogP contribution in [0.1, 0.15) is 39.8 Å². The monoisotopic (exact) mass is 541 g/mol. The summed E-state index contributed by atoms with van der Waals surface area (Å²) in [7, 11) is 8.37. The molecule has 0 bridgehead atoms. The van der Waals surface area contributed by atoms with Gasteiger partial charge in [0.05, 0.1) is 34.4 Å². The van der Waals surface area contributed by atoms with E-state index in [2.05, 4.69) is 41.9 Å². The predicted octanol–water partition coefficient (Wildman–Crippen LogP) is 5.17. The Bertz CT molecular complexity index is 1650. The lowest BCUT2D eigenvalue weighted by molar-refractivity contribution is -0.148. The van der Waals surface area contributed by atoms with Crippen LogP contribution in [0.25, 0.3) is 10.9 Å².